The van der Waals surface area contributed by atoms with E-state index in [0.29, 0.717) is 17.0 Å². The first-order valence-electron chi connectivity index (χ1n) is 19.0. The van der Waals surface area contributed by atoms with Crippen molar-refractivity contribution in [1.82, 2.24) is 19.7 Å². The third-order valence-electron chi connectivity index (χ3n) is 9.77. The maximum absolute atomic E-state index is 14.9. The summed E-state index contributed by atoms with van der Waals surface area (Å²) in [5.74, 6) is -2.24. The number of rotatable bonds is 18. The molecular formula is C39H58N5O10P. The number of hydrogen-bond acceptors (Lipinski definition) is 13. The van der Waals surface area contributed by atoms with Gasteiger partial charge in [-0.05, 0) is 61.9 Å². The van der Waals surface area contributed by atoms with Crippen molar-refractivity contribution in [2.24, 2.45) is 17.8 Å². The second-order valence-corrected chi connectivity index (χ2v) is 16.9. The van der Waals surface area contributed by atoms with Crippen LogP contribution in [0.4, 0.5) is 5.82 Å². The molecule has 0 spiro atoms. The van der Waals surface area contributed by atoms with Crippen molar-refractivity contribution in [1.29, 1.82) is 0 Å². The maximum atomic E-state index is 14.9. The molecule has 0 saturated carbocycles. The van der Waals surface area contributed by atoms with Crippen LogP contribution in [0.5, 0.6) is 5.75 Å². The summed E-state index contributed by atoms with van der Waals surface area (Å²) in [5.41, 5.74) is 7.13. The van der Waals surface area contributed by atoms with E-state index in [1.165, 1.54) is 17.8 Å². The van der Waals surface area contributed by atoms with Crippen LogP contribution in [0.3, 0.4) is 0 Å². The largest absolute Gasteiger partial charge is 0.464 e. The summed E-state index contributed by atoms with van der Waals surface area (Å²) >= 11 is 0. The van der Waals surface area contributed by atoms with Gasteiger partial charge in [-0.2, -0.15) is 10.2 Å². The number of esters is 3. The number of nitrogen functional groups attached to an aromatic ring is 1. The summed E-state index contributed by atoms with van der Waals surface area (Å²) in [7, 11) is -4.46. The van der Waals surface area contributed by atoms with E-state index in [4.69, 9.17) is 33.7 Å². The first-order chi connectivity index (χ1) is 25.8. The Labute approximate surface area is 323 Å². The van der Waals surface area contributed by atoms with Crippen LogP contribution in [0.1, 0.15) is 105 Å². The fourth-order valence-electron chi connectivity index (χ4n) is 6.20. The van der Waals surface area contributed by atoms with Crippen LogP contribution in [0.2, 0.25) is 0 Å². The molecule has 1 aliphatic rings. The van der Waals surface area contributed by atoms with Crippen molar-refractivity contribution in [3.8, 4) is 5.75 Å². The van der Waals surface area contributed by atoms with Gasteiger partial charge < -0.3 is 29.2 Å². The van der Waals surface area contributed by atoms with Crippen LogP contribution in [0.15, 0.2) is 36.7 Å². The summed E-state index contributed by atoms with van der Waals surface area (Å²) in [6.45, 7) is 19.4. The van der Waals surface area contributed by atoms with Gasteiger partial charge in [-0.1, -0.05) is 80.4 Å². The maximum Gasteiger partial charge on any atom is 0.459 e. The van der Waals surface area contributed by atoms with Crippen molar-refractivity contribution >= 4 is 37.0 Å². The van der Waals surface area contributed by atoms with Gasteiger partial charge in [0.15, 0.2) is 18.0 Å². The second kappa shape index (κ2) is 18.3. The van der Waals surface area contributed by atoms with Crippen molar-refractivity contribution in [2.75, 3.05) is 18.9 Å². The molecule has 3 aromatic rings. The molecule has 0 amide bonds. The number of ether oxygens (including phenoxy) is 4. The van der Waals surface area contributed by atoms with Gasteiger partial charge in [-0.3, -0.25) is 18.9 Å². The van der Waals surface area contributed by atoms with Crippen LogP contribution < -0.4 is 15.3 Å². The predicted molar refractivity (Wildman–Crippen MR) is 206 cm³/mol. The Bertz CT molecular complexity index is 1860. The molecule has 3 N–H and O–H groups in total. The number of hydrogen-bond donors (Lipinski definition) is 2. The Morgan fingerprint density at radius 2 is 1.64 bits per heavy atom. The Hall–Kier alpha value is -4.04. The minimum absolute atomic E-state index is 0.0173. The number of aromatic nitrogens is 3. The van der Waals surface area contributed by atoms with Crippen molar-refractivity contribution in [3.05, 3.63) is 53.5 Å². The first-order valence-corrected chi connectivity index (χ1v) is 20.5. The quantitative estimate of drug-likeness (QED) is 0.0791. The summed E-state index contributed by atoms with van der Waals surface area (Å²) in [4.78, 5) is 43.8. The SMILES string of the molecule is CCC(CC)COC(=O)[C@H](C)NP(=O)(OC[C@H]1O[C@@](C)(c2ccc3c(N)ncnn23)[C@H](OC(=O)C(C)C)[C@@H]1OC(=O)C(C)C)Oc1cc(C)ccc1C(C)C. The lowest BCUT2D eigenvalue weighted by Crippen LogP contribution is -2.46. The minimum Gasteiger partial charge on any atom is -0.464 e. The number of aryl methyl sites for hydroxylation is 1. The van der Waals surface area contributed by atoms with E-state index in [0.717, 1.165) is 24.0 Å². The van der Waals surface area contributed by atoms with Crippen molar-refractivity contribution in [2.45, 2.75) is 125 Å². The van der Waals surface area contributed by atoms with Gasteiger partial charge in [0.05, 0.1) is 30.7 Å². The van der Waals surface area contributed by atoms with Gasteiger partial charge in [0.25, 0.3) is 0 Å². The van der Waals surface area contributed by atoms with Crippen LogP contribution in [0, 0.1) is 24.7 Å². The number of fused-ring (bicyclic) bond motifs is 1. The van der Waals surface area contributed by atoms with Crippen molar-refractivity contribution < 1.29 is 46.9 Å². The van der Waals surface area contributed by atoms with Gasteiger partial charge in [-0.15, -0.1) is 0 Å². The molecule has 1 unspecified atom stereocenters. The molecule has 6 atom stereocenters. The number of anilines is 1. The number of nitrogens with zero attached hydrogens (tertiary/aromatic N) is 3. The first kappa shape index (κ1) is 43.7. The van der Waals surface area contributed by atoms with E-state index in [9.17, 15) is 18.9 Å². The van der Waals surface area contributed by atoms with Crippen LogP contribution in [0.25, 0.3) is 5.52 Å². The lowest BCUT2D eigenvalue weighted by atomic mass is 9.92. The summed E-state index contributed by atoms with van der Waals surface area (Å²) in [6, 6.07) is 7.83. The fourth-order valence-corrected chi connectivity index (χ4v) is 7.72. The molecule has 1 aliphatic heterocycles. The minimum atomic E-state index is -4.46. The fraction of sp³-hybridized carbons (Fsp3) is 0.615. The van der Waals surface area contributed by atoms with Gasteiger partial charge >= 0.3 is 25.7 Å². The third-order valence-corrected chi connectivity index (χ3v) is 11.4. The van der Waals surface area contributed by atoms with Gasteiger partial charge in [0, 0.05) is 0 Å². The standard InChI is InChI=1S/C39H58N5O10P/c1-12-27(13-2)19-49-38(47)26(10)43-55(48,54-30-18-25(9)14-15-28(30)22(3)4)50-20-31-33(51-36(45)23(5)6)34(52-37(46)24(7)8)39(11,53-31)32-17-16-29-35(40)41-21-42-44(29)32/h14-18,21-24,26-27,31,33-34H,12-13,19-20H2,1-11H3,(H,43,48)(H2,40,41,42)/t26-,31+,33+,34+,39-,55?/m0/s1. The molecule has 0 aliphatic carbocycles. The molecule has 2 aromatic heterocycles. The normalized spacial score (nSPS) is 21.6. The number of carbonyl (C=O) groups is 3. The average molecular weight is 788 g/mol. The zero-order valence-electron chi connectivity index (χ0n) is 33.9. The smallest absolute Gasteiger partial charge is 0.459 e. The molecule has 0 radical (unpaired) electrons. The van der Waals surface area contributed by atoms with Crippen LogP contribution in [-0.2, 0) is 48.0 Å². The molecule has 55 heavy (non-hydrogen) atoms. The molecule has 4 rings (SSSR count). The second-order valence-electron chi connectivity index (χ2n) is 15.2. The number of carbonyl (C=O) groups excluding carboxylic acids is 3. The highest BCUT2D eigenvalue weighted by molar-refractivity contribution is 7.52. The molecule has 15 nitrogen and oxygen atoms in total. The number of nitrogens with one attached hydrogen (secondary N) is 1. The highest BCUT2D eigenvalue weighted by atomic mass is 31.2. The lowest BCUT2D eigenvalue weighted by molar-refractivity contribution is -0.175. The van der Waals surface area contributed by atoms with Gasteiger partial charge in [0.2, 0.25) is 0 Å². The Morgan fingerprint density at radius 1 is 0.982 bits per heavy atom. The van der Waals surface area contributed by atoms with E-state index < -0.39 is 74.1 Å². The monoisotopic (exact) mass is 787 g/mol. The van der Waals surface area contributed by atoms with Gasteiger partial charge in [-0.25, -0.2) is 14.1 Å². The van der Waals surface area contributed by atoms with E-state index in [2.05, 4.69) is 15.2 Å². The van der Waals surface area contributed by atoms with E-state index in [1.54, 1.807) is 52.8 Å². The molecule has 1 saturated heterocycles. The Balaban J connectivity index is 1.77. The van der Waals surface area contributed by atoms with E-state index in [-0.39, 0.29) is 24.3 Å². The molecule has 0 bridgehead atoms. The molecule has 1 fully saturated rings. The van der Waals surface area contributed by atoms with Crippen molar-refractivity contribution in [3.63, 3.8) is 0 Å². The number of nitrogens with two attached hydrogens (primary N) is 1. The number of benzene rings is 1. The molecule has 1 aromatic carbocycles. The molecule has 16 heteroatoms. The topological polar surface area (TPSA) is 192 Å². The molecular weight excluding hydrogens is 729 g/mol. The Kier molecular flexibility index (Phi) is 14.5. The summed E-state index contributed by atoms with van der Waals surface area (Å²) in [6.07, 6.45) is -0.726. The summed E-state index contributed by atoms with van der Waals surface area (Å²) in [5, 5.41) is 7.15. The van der Waals surface area contributed by atoms with Crippen LogP contribution >= 0.6 is 7.75 Å². The Morgan fingerprint density at radius 3 is 2.25 bits per heavy atom. The highest BCUT2D eigenvalue weighted by Gasteiger charge is 2.59. The summed E-state index contributed by atoms with van der Waals surface area (Å²) < 4.78 is 53.3. The van der Waals surface area contributed by atoms with E-state index in [1.807, 2.05) is 46.8 Å². The van der Waals surface area contributed by atoms with Gasteiger partial charge in [0.1, 0.15) is 35.3 Å². The van der Waals surface area contributed by atoms with E-state index >= 15 is 0 Å². The van der Waals surface area contributed by atoms with Crippen LogP contribution in [-0.4, -0.2) is 70.1 Å². The lowest BCUT2D eigenvalue weighted by Gasteiger charge is -2.31. The third kappa shape index (κ3) is 10.2. The average Bonchev–Trinajstić information content (AvgIpc) is 3.68. The molecule has 304 valence electrons. The highest BCUT2D eigenvalue weighted by Crippen LogP contribution is 2.50. The molecule has 3 heterocycles. The predicted octanol–water partition coefficient (Wildman–Crippen LogP) is 6.65. The zero-order valence-corrected chi connectivity index (χ0v) is 34.8. The zero-order chi connectivity index (χ0) is 40.8.